The molecule has 1 aromatic heterocycles. The molecule has 0 radical (unpaired) electrons. The zero-order valence-electron chi connectivity index (χ0n) is 10.5. The Bertz CT molecular complexity index is 395. The van der Waals surface area contributed by atoms with Gasteiger partial charge in [-0.1, -0.05) is 23.2 Å². The number of pyridine rings is 1. The molecule has 1 aromatic rings. The van der Waals surface area contributed by atoms with Crippen molar-refractivity contribution in [2.75, 3.05) is 20.2 Å². The summed E-state index contributed by atoms with van der Waals surface area (Å²) in [5.74, 6) is 0. The van der Waals surface area contributed by atoms with Gasteiger partial charge in [-0.05, 0) is 32.4 Å². The molecule has 5 heteroatoms. The van der Waals surface area contributed by atoms with E-state index in [0.29, 0.717) is 16.3 Å². The molecule has 1 aliphatic heterocycles. The third-order valence-electron chi connectivity index (χ3n) is 3.13. The molecule has 2 rings (SSSR count). The Labute approximate surface area is 118 Å². The Morgan fingerprint density at radius 1 is 1.44 bits per heavy atom. The summed E-state index contributed by atoms with van der Waals surface area (Å²) in [5.41, 5.74) is 0.999. The van der Waals surface area contributed by atoms with E-state index < -0.39 is 0 Å². The molecule has 18 heavy (non-hydrogen) atoms. The molecule has 100 valence electrons. The van der Waals surface area contributed by atoms with Crippen LogP contribution in [-0.2, 0) is 11.3 Å². The summed E-state index contributed by atoms with van der Waals surface area (Å²) in [6.45, 7) is 2.59. The Kier molecular flexibility index (Phi) is 5.25. The molecule has 0 bridgehead atoms. The van der Waals surface area contributed by atoms with Gasteiger partial charge in [0.1, 0.15) is 5.15 Å². The van der Waals surface area contributed by atoms with Crippen molar-refractivity contribution in [3.05, 3.63) is 28.0 Å². The van der Waals surface area contributed by atoms with Gasteiger partial charge >= 0.3 is 0 Å². The predicted octanol–water partition coefficient (Wildman–Crippen LogP) is 3.39. The number of nitrogens with zero attached hydrogens (tertiary/aromatic N) is 2. The van der Waals surface area contributed by atoms with Crippen LogP contribution in [0.2, 0.25) is 10.2 Å². The smallest absolute Gasteiger partial charge is 0.130 e. The molecular formula is C13H18Cl2N2O. The largest absolute Gasteiger partial charge is 0.377 e. The highest BCUT2D eigenvalue weighted by atomic mass is 35.5. The van der Waals surface area contributed by atoms with E-state index in [2.05, 4.69) is 16.9 Å². The summed E-state index contributed by atoms with van der Waals surface area (Å²) in [6, 6.07) is 1.68. The summed E-state index contributed by atoms with van der Waals surface area (Å²) in [7, 11) is 2.07. The van der Waals surface area contributed by atoms with Gasteiger partial charge < -0.3 is 4.74 Å². The van der Waals surface area contributed by atoms with Gasteiger partial charge in [-0.25, -0.2) is 4.98 Å². The fraction of sp³-hybridized carbons (Fsp3) is 0.615. The van der Waals surface area contributed by atoms with Crippen molar-refractivity contribution in [1.82, 2.24) is 9.88 Å². The van der Waals surface area contributed by atoms with Crippen LogP contribution in [0.25, 0.3) is 0 Å². The van der Waals surface area contributed by atoms with Crippen molar-refractivity contribution in [2.24, 2.45) is 0 Å². The minimum Gasteiger partial charge on any atom is -0.377 e. The van der Waals surface area contributed by atoms with Crippen LogP contribution in [0, 0.1) is 0 Å². The minimum absolute atomic E-state index is 0.350. The highest BCUT2D eigenvalue weighted by Gasteiger charge is 2.16. The molecule has 1 aliphatic rings. The minimum atomic E-state index is 0.350. The zero-order valence-corrected chi connectivity index (χ0v) is 12.0. The number of hydrogen-bond donors (Lipinski definition) is 0. The molecule has 0 aliphatic carbocycles. The summed E-state index contributed by atoms with van der Waals surface area (Å²) in [4.78, 5) is 6.28. The first-order valence-corrected chi connectivity index (χ1v) is 7.01. The maximum absolute atomic E-state index is 6.13. The van der Waals surface area contributed by atoms with Crippen LogP contribution in [-0.4, -0.2) is 36.2 Å². The number of rotatable bonds is 4. The van der Waals surface area contributed by atoms with Crippen LogP contribution < -0.4 is 0 Å². The number of ether oxygens (including phenoxy) is 1. The topological polar surface area (TPSA) is 25.4 Å². The molecule has 0 saturated carbocycles. The molecular weight excluding hydrogens is 271 g/mol. The van der Waals surface area contributed by atoms with E-state index in [1.54, 1.807) is 12.3 Å². The molecule has 1 unspecified atom stereocenters. The van der Waals surface area contributed by atoms with Gasteiger partial charge in [-0.15, -0.1) is 0 Å². The third kappa shape index (κ3) is 4.09. The molecule has 2 heterocycles. The number of hydrogen-bond acceptors (Lipinski definition) is 3. The van der Waals surface area contributed by atoms with Crippen molar-refractivity contribution in [3.63, 3.8) is 0 Å². The maximum atomic E-state index is 6.13. The normalized spacial score (nSPS) is 20.3. The lowest BCUT2D eigenvalue weighted by atomic mass is 10.1. The molecule has 0 aromatic carbocycles. The fourth-order valence-electron chi connectivity index (χ4n) is 2.21. The number of aromatic nitrogens is 1. The van der Waals surface area contributed by atoms with Gasteiger partial charge in [0.25, 0.3) is 0 Å². The fourth-order valence-corrected chi connectivity index (χ4v) is 2.63. The van der Waals surface area contributed by atoms with Crippen molar-refractivity contribution < 1.29 is 4.74 Å². The van der Waals surface area contributed by atoms with E-state index in [9.17, 15) is 0 Å². The lowest BCUT2D eigenvalue weighted by Gasteiger charge is -2.27. The van der Waals surface area contributed by atoms with E-state index in [0.717, 1.165) is 31.7 Å². The number of likely N-dealkylation sites (N-methyl/N-ethyl adjacent to an activating group) is 1. The average Bonchev–Trinajstić information content (AvgIpc) is 2.34. The summed E-state index contributed by atoms with van der Waals surface area (Å²) in [5, 5.41) is 1.11. The van der Waals surface area contributed by atoms with Gasteiger partial charge in [-0.2, -0.15) is 0 Å². The van der Waals surface area contributed by atoms with Crippen molar-refractivity contribution in [3.8, 4) is 0 Å². The number of halogens is 2. The molecule has 0 amide bonds. The van der Waals surface area contributed by atoms with Crippen molar-refractivity contribution in [1.29, 1.82) is 0 Å². The van der Waals surface area contributed by atoms with Crippen LogP contribution in [0.4, 0.5) is 0 Å². The van der Waals surface area contributed by atoms with E-state index in [-0.39, 0.29) is 0 Å². The van der Waals surface area contributed by atoms with Gasteiger partial charge in [0.2, 0.25) is 0 Å². The second-order valence-electron chi connectivity index (χ2n) is 4.78. The first-order valence-electron chi connectivity index (χ1n) is 6.25. The Morgan fingerprint density at radius 3 is 2.94 bits per heavy atom. The molecule has 0 N–H and O–H groups in total. The van der Waals surface area contributed by atoms with Gasteiger partial charge in [-0.3, -0.25) is 4.90 Å². The monoisotopic (exact) mass is 288 g/mol. The van der Waals surface area contributed by atoms with Crippen LogP contribution in [0.3, 0.4) is 0 Å². The van der Waals surface area contributed by atoms with E-state index in [1.807, 2.05) is 0 Å². The lowest BCUT2D eigenvalue weighted by Crippen LogP contribution is -2.33. The van der Waals surface area contributed by atoms with Crippen LogP contribution in [0.15, 0.2) is 12.3 Å². The van der Waals surface area contributed by atoms with Crippen LogP contribution in [0.5, 0.6) is 0 Å². The second-order valence-corrected chi connectivity index (χ2v) is 5.58. The molecule has 1 fully saturated rings. The molecule has 1 saturated heterocycles. The molecule has 1 atom stereocenters. The quantitative estimate of drug-likeness (QED) is 0.794. The second kappa shape index (κ2) is 6.71. The van der Waals surface area contributed by atoms with Gasteiger partial charge in [0.05, 0.1) is 6.10 Å². The van der Waals surface area contributed by atoms with E-state index in [4.69, 9.17) is 27.9 Å². The average molecular weight is 289 g/mol. The summed E-state index contributed by atoms with van der Waals surface area (Å²) >= 11 is 11.9. The Hall–Kier alpha value is -0.350. The van der Waals surface area contributed by atoms with Crippen molar-refractivity contribution in [2.45, 2.75) is 31.9 Å². The zero-order chi connectivity index (χ0) is 13.0. The van der Waals surface area contributed by atoms with Crippen molar-refractivity contribution >= 4 is 23.2 Å². The summed E-state index contributed by atoms with van der Waals surface area (Å²) in [6.07, 6.45) is 5.69. The Balaban J connectivity index is 1.87. The Morgan fingerprint density at radius 2 is 2.28 bits per heavy atom. The SMILES string of the molecule is CN(Cc1cnc(Cl)cc1Cl)CC1CCCCO1. The lowest BCUT2D eigenvalue weighted by molar-refractivity contribution is -0.00260. The van der Waals surface area contributed by atoms with Crippen LogP contribution >= 0.6 is 23.2 Å². The maximum Gasteiger partial charge on any atom is 0.130 e. The van der Waals surface area contributed by atoms with Gasteiger partial charge in [0, 0.05) is 36.5 Å². The predicted molar refractivity (Wildman–Crippen MR) is 74.2 cm³/mol. The highest BCUT2D eigenvalue weighted by Crippen LogP contribution is 2.20. The molecule has 3 nitrogen and oxygen atoms in total. The highest BCUT2D eigenvalue weighted by molar-refractivity contribution is 6.34. The van der Waals surface area contributed by atoms with Crippen LogP contribution in [0.1, 0.15) is 24.8 Å². The first kappa shape index (κ1) is 14.1. The van der Waals surface area contributed by atoms with E-state index >= 15 is 0 Å². The van der Waals surface area contributed by atoms with Gasteiger partial charge in [0.15, 0.2) is 0 Å². The molecule has 0 spiro atoms. The third-order valence-corrected chi connectivity index (χ3v) is 3.68. The standard InChI is InChI=1S/C13H18Cl2N2O/c1-17(9-11-4-2-3-5-18-11)8-10-7-16-13(15)6-12(10)14/h6-7,11H,2-5,8-9H2,1H3. The summed E-state index contributed by atoms with van der Waals surface area (Å²) < 4.78 is 5.72. The first-order chi connectivity index (χ1) is 8.65. The van der Waals surface area contributed by atoms with E-state index in [1.165, 1.54) is 12.8 Å².